The smallest absolute Gasteiger partial charge is 0.305 e. The van der Waals surface area contributed by atoms with Crippen molar-refractivity contribution in [2.24, 2.45) is 0 Å². The molecule has 3 N–H and O–H groups in total. The number of aliphatic hydroxyl groups excluding tert-OH is 2. The maximum Gasteiger partial charge on any atom is 0.305 e. The van der Waals surface area contributed by atoms with Crippen molar-refractivity contribution in [2.45, 2.75) is 469 Å². The maximum absolute atomic E-state index is 12.6. The van der Waals surface area contributed by atoms with Crippen molar-refractivity contribution in [1.29, 1.82) is 0 Å². The first kappa shape index (κ1) is 83.6. The van der Waals surface area contributed by atoms with Crippen molar-refractivity contribution in [1.82, 2.24) is 5.32 Å². The third kappa shape index (κ3) is 71.6. The van der Waals surface area contributed by atoms with Crippen molar-refractivity contribution < 1.29 is 24.5 Å². The Labute approximate surface area is 533 Å². The highest BCUT2D eigenvalue weighted by Crippen LogP contribution is 2.20. The van der Waals surface area contributed by atoms with E-state index in [1.165, 1.54) is 385 Å². The lowest BCUT2D eigenvalue weighted by Crippen LogP contribution is -2.45. The highest BCUT2D eigenvalue weighted by atomic mass is 16.5. The van der Waals surface area contributed by atoms with E-state index in [1.807, 2.05) is 0 Å². The summed E-state index contributed by atoms with van der Waals surface area (Å²) in [6.45, 7) is 5.01. The third-order valence-electron chi connectivity index (χ3n) is 18.8. The molecule has 0 bridgehead atoms. The minimum absolute atomic E-state index is 0.0205. The van der Waals surface area contributed by atoms with Gasteiger partial charge in [0.25, 0.3) is 0 Å². The second-order valence-electron chi connectivity index (χ2n) is 27.4. The van der Waals surface area contributed by atoms with Gasteiger partial charge in [0.05, 0.1) is 25.4 Å². The number of allylic oxidation sites excluding steroid dienone is 2. The van der Waals surface area contributed by atoms with Gasteiger partial charge < -0.3 is 20.3 Å². The average Bonchev–Trinajstić information content (AvgIpc) is 3.54. The number of aliphatic hydroxyl groups is 2. The Morgan fingerprint density at radius 1 is 0.318 bits per heavy atom. The number of hydrogen-bond acceptors (Lipinski definition) is 5. The van der Waals surface area contributed by atoms with Gasteiger partial charge in [0, 0.05) is 12.8 Å². The van der Waals surface area contributed by atoms with Crippen LogP contribution in [0.2, 0.25) is 0 Å². The number of carbonyl (C=O) groups excluding carboxylic acids is 2. The summed E-state index contributed by atoms with van der Waals surface area (Å²) in [4.78, 5) is 24.6. The minimum Gasteiger partial charge on any atom is -0.466 e. The molecule has 506 valence electrons. The van der Waals surface area contributed by atoms with Gasteiger partial charge in [0.2, 0.25) is 5.91 Å². The van der Waals surface area contributed by atoms with Gasteiger partial charge in [-0.15, -0.1) is 0 Å². The number of ether oxygens (including phenoxy) is 1. The average molecular weight is 1200 g/mol. The van der Waals surface area contributed by atoms with E-state index in [1.54, 1.807) is 0 Å². The SMILES string of the molecule is CCCCCCCCCCCCCCCCCCCCCCCCCCC(O)C(CO)NC(=O)CCCCCCCCCCCCCCCCC/C=C\CCCCCCCCCCCCCCOC(=O)CCCCCCCCCCCCCCC. The van der Waals surface area contributed by atoms with E-state index in [2.05, 4.69) is 31.3 Å². The number of unbranched alkanes of at least 4 members (excludes halogenated alkanes) is 62. The first-order valence-electron chi connectivity index (χ1n) is 39.4. The van der Waals surface area contributed by atoms with E-state index in [-0.39, 0.29) is 18.5 Å². The monoisotopic (exact) mass is 1200 g/mol. The summed E-state index contributed by atoms with van der Waals surface area (Å²) in [5, 5.41) is 23.5. The fourth-order valence-corrected chi connectivity index (χ4v) is 12.8. The second-order valence-corrected chi connectivity index (χ2v) is 27.4. The summed E-state index contributed by atoms with van der Waals surface area (Å²) in [5.41, 5.74) is 0. The lowest BCUT2D eigenvalue weighted by molar-refractivity contribution is -0.143. The Hall–Kier alpha value is -1.40. The fraction of sp³-hybridized carbons (Fsp3) is 0.949. The molecule has 2 atom stereocenters. The van der Waals surface area contributed by atoms with Gasteiger partial charge in [-0.2, -0.15) is 0 Å². The van der Waals surface area contributed by atoms with E-state index in [9.17, 15) is 19.8 Å². The number of rotatable bonds is 75. The number of hydrogen-bond donors (Lipinski definition) is 3. The van der Waals surface area contributed by atoms with Crippen LogP contribution in [0.5, 0.6) is 0 Å². The van der Waals surface area contributed by atoms with Crippen LogP contribution in [0.3, 0.4) is 0 Å². The van der Waals surface area contributed by atoms with Crippen molar-refractivity contribution in [2.75, 3.05) is 13.2 Å². The van der Waals surface area contributed by atoms with Crippen molar-refractivity contribution >= 4 is 11.9 Å². The predicted molar refractivity (Wildman–Crippen MR) is 375 cm³/mol. The van der Waals surface area contributed by atoms with E-state index in [4.69, 9.17) is 4.74 Å². The van der Waals surface area contributed by atoms with Crippen LogP contribution in [0, 0.1) is 0 Å². The van der Waals surface area contributed by atoms with Gasteiger partial charge in [-0.05, 0) is 51.4 Å². The van der Waals surface area contributed by atoms with Crippen LogP contribution >= 0.6 is 0 Å². The molecule has 0 aromatic heterocycles. The first-order chi connectivity index (χ1) is 42.0. The Kier molecular flexibility index (Phi) is 73.8. The van der Waals surface area contributed by atoms with Gasteiger partial charge in [-0.25, -0.2) is 0 Å². The number of amides is 1. The predicted octanol–water partition coefficient (Wildman–Crippen LogP) is 25.9. The molecule has 6 heteroatoms. The van der Waals surface area contributed by atoms with Gasteiger partial charge in [-0.1, -0.05) is 405 Å². The number of esters is 1. The molecule has 0 aliphatic carbocycles. The van der Waals surface area contributed by atoms with E-state index in [0.717, 1.165) is 38.5 Å². The van der Waals surface area contributed by atoms with E-state index >= 15 is 0 Å². The molecule has 0 fully saturated rings. The molecule has 0 radical (unpaired) electrons. The molecular formula is C79H155NO5. The van der Waals surface area contributed by atoms with Crippen LogP contribution in [-0.4, -0.2) is 47.4 Å². The molecule has 0 saturated heterocycles. The van der Waals surface area contributed by atoms with Gasteiger partial charge in [0.1, 0.15) is 0 Å². The lowest BCUT2D eigenvalue weighted by atomic mass is 10.0. The molecule has 85 heavy (non-hydrogen) atoms. The quantitative estimate of drug-likeness (QED) is 0.0320. The zero-order chi connectivity index (χ0) is 61.3. The van der Waals surface area contributed by atoms with Crippen LogP contribution in [0.25, 0.3) is 0 Å². The van der Waals surface area contributed by atoms with Crippen LogP contribution in [0.4, 0.5) is 0 Å². The molecule has 1 amide bonds. The van der Waals surface area contributed by atoms with Crippen LogP contribution in [0.1, 0.15) is 457 Å². The molecule has 0 saturated carbocycles. The Morgan fingerprint density at radius 2 is 0.553 bits per heavy atom. The zero-order valence-electron chi connectivity index (χ0n) is 58.1. The lowest BCUT2D eigenvalue weighted by Gasteiger charge is -2.22. The summed E-state index contributed by atoms with van der Waals surface area (Å²) >= 11 is 0. The second kappa shape index (κ2) is 75.1. The van der Waals surface area contributed by atoms with E-state index in [0.29, 0.717) is 25.9 Å². The molecule has 0 aliphatic heterocycles. The normalized spacial score (nSPS) is 12.5. The fourth-order valence-electron chi connectivity index (χ4n) is 12.8. The third-order valence-corrected chi connectivity index (χ3v) is 18.8. The summed E-state index contributed by atoms with van der Waals surface area (Å²) in [6, 6.07) is -0.541. The van der Waals surface area contributed by atoms with Crippen molar-refractivity contribution in [3.8, 4) is 0 Å². The highest BCUT2D eigenvalue weighted by molar-refractivity contribution is 5.76. The molecule has 0 spiro atoms. The highest BCUT2D eigenvalue weighted by Gasteiger charge is 2.20. The Bertz CT molecular complexity index is 1290. The molecule has 0 rings (SSSR count). The summed E-state index contributed by atoms with van der Waals surface area (Å²) in [7, 11) is 0. The zero-order valence-corrected chi connectivity index (χ0v) is 58.1. The summed E-state index contributed by atoms with van der Waals surface area (Å²) in [6.07, 6.45) is 94.4. The summed E-state index contributed by atoms with van der Waals surface area (Å²) in [5.74, 6) is -0.00626. The van der Waals surface area contributed by atoms with Crippen LogP contribution < -0.4 is 5.32 Å². The van der Waals surface area contributed by atoms with E-state index < -0.39 is 12.1 Å². The Morgan fingerprint density at radius 3 is 0.835 bits per heavy atom. The molecule has 6 nitrogen and oxygen atoms in total. The van der Waals surface area contributed by atoms with Gasteiger partial charge in [-0.3, -0.25) is 9.59 Å². The Balaban J connectivity index is 3.36. The van der Waals surface area contributed by atoms with Crippen LogP contribution in [-0.2, 0) is 14.3 Å². The van der Waals surface area contributed by atoms with Crippen LogP contribution in [0.15, 0.2) is 12.2 Å². The molecule has 0 aromatic carbocycles. The molecule has 2 unspecified atom stereocenters. The van der Waals surface area contributed by atoms with Crippen molar-refractivity contribution in [3.05, 3.63) is 12.2 Å². The summed E-state index contributed by atoms with van der Waals surface area (Å²) < 4.78 is 5.49. The van der Waals surface area contributed by atoms with Gasteiger partial charge in [0.15, 0.2) is 0 Å². The van der Waals surface area contributed by atoms with Gasteiger partial charge >= 0.3 is 5.97 Å². The molecule has 0 aliphatic rings. The van der Waals surface area contributed by atoms with Crippen molar-refractivity contribution in [3.63, 3.8) is 0 Å². The maximum atomic E-state index is 12.6. The standard InChI is InChI=1S/C79H155NO5/c1-3-5-7-9-11-13-15-17-18-19-20-21-22-32-35-38-41-44-48-51-55-59-63-67-71-77(82)76(75-81)80-78(83)72-68-64-60-56-52-49-45-42-39-36-33-30-28-26-24-23-25-27-29-31-34-37-40-43-46-50-54-58-62-66-70-74-85-79(84)73-69-65-61-57-53-47-16-14-12-10-8-6-4-2/h25,27,76-77,81-82H,3-24,26,28-75H2,1-2H3,(H,80,83)/b27-25-. The molecule has 0 heterocycles. The molecule has 0 aromatic rings. The minimum atomic E-state index is -0.664. The molecular weight excluding hydrogens is 1040 g/mol. The topological polar surface area (TPSA) is 95.9 Å². The first-order valence-corrected chi connectivity index (χ1v) is 39.4. The largest absolute Gasteiger partial charge is 0.466 e. The number of carbonyl (C=O) groups is 2. The number of nitrogens with one attached hydrogen (secondary N) is 1.